The summed E-state index contributed by atoms with van der Waals surface area (Å²) in [6, 6.07) is -0.809. The Labute approximate surface area is 154 Å². The van der Waals surface area contributed by atoms with Crippen LogP contribution in [0.2, 0.25) is 0 Å². The number of hydrogen-bond acceptors (Lipinski definition) is 7. The molecule has 1 aliphatic heterocycles. The van der Waals surface area contributed by atoms with Crippen molar-refractivity contribution in [1.82, 2.24) is 5.43 Å². The van der Waals surface area contributed by atoms with Crippen LogP contribution in [0.25, 0.3) is 0 Å². The zero-order valence-electron chi connectivity index (χ0n) is 15.8. The van der Waals surface area contributed by atoms with Gasteiger partial charge in [-0.25, -0.2) is 10.2 Å². The number of aliphatic hydroxyl groups excluding tert-OH is 1. The van der Waals surface area contributed by atoms with Gasteiger partial charge in [-0.2, -0.15) is 5.10 Å². The highest BCUT2D eigenvalue weighted by Crippen LogP contribution is 2.42. The van der Waals surface area contributed by atoms with E-state index in [0.29, 0.717) is 12.3 Å². The average molecular weight is 373 g/mol. The number of amides is 2. The van der Waals surface area contributed by atoms with Crippen molar-refractivity contribution in [3.63, 3.8) is 0 Å². The number of rotatable bonds is 11. The maximum Gasteiger partial charge on any atom is 0.332 e. The van der Waals surface area contributed by atoms with Gasteiger partial charge in [0.05, 0.1) is 19.3 Å². The van der Waals surface area contributed by atoms with E-state index in [1.807, 2.05) is 0 Å². The average Bonchev–Trinajstić information content (AvgIpc) is 2.89. The van der Waals surface area contributed by atoms with Gasteiger partial charge >= 0.3 is 12.0 Å². The molecule has 0 aromatic carbocycles. The highest BCUT2D eigenvalue weighted by atomic mass is 16.6. The molecule has 1 rings (SSSR count). The summed E-state index contributed by atoms with van der Waals surface area (Å²) in [6.45, 7) is 6.51. The zero-order chi connectivity index (χ0) is 19.6. The summed E-state index contributed by atoms with van der Waals surface area (Å²) >= 11 is 0. The number of hydrazone groups is 1. The van der Waals surface area contributed by atoms with Crippen LogP contribution in [0.1, 0.15) is 52.9 Å². The topological polar surface area (TPSA) is 132 Å². The number of nitrogens with two attached hydrogens (primary N) is 1. The fourth-order valence-electron chi connectivity index (χ4n) is 2.97. The monoisotopic (exact) mass is 373 g/mol. The van der Waals surface area contributed by atoms with Gasteiger partial charge in [0.15, 0.2) is 6.29 Å². The molecule has 2 amide bonds. The van der Waals surface area contributed by atoms with Gasteiger partial charge in [0.1, 0.15) is 5.41 Å². The molecule has 9 nitrogen and oxygen atoms in total. The van der Waals surface area contributed by atoms with Crippen LogP contribution in [0.4, 0.5) is 4.79 Å². The number of unbranched alkanes of at least 4 members (excludes halogenated alkanes) is 2. The standard InChI is InChI=1S/C17H31N3O6/c1-4-6-7-8-24-11-13-10-17(15(22)26-13,14(21)25-5-2)9-12(3)19-20-16(18)23/h13,15,22H,4-11H2,1-3H3,(H3,18,20,23)/b19-12-/t13-,15+,17-/m0/s1. The third-order valence-corrected chi connectivity index (χ3v) is 4.19. The summed E-state index contributed by atoms with van der Waals surface area (Å²) in [5.41, 5.74) is 6.23. The number of ether oxygens (including phenoxy) is 3. The molecule has 1 heterocycles. The first kappa shape index (κ1) is 22.3. The molecule has 3 atom stereocenters. The van der Waals surface area contributed by atoms with Crippen LogP contribution >= 0.6 is 0 Å². The van der Waals surface area contributed by atoms with Gasteiger partial charge < -0.3 is 25.1 Å². The maximum absolute atomic E-state index is 12.5. The van der Waals surface area contributed by atoms with E-state index in [0.717, 1.165) is 19.3 Å². The Morgan fingerprint density at radius 3 is 2.73 bits per heavy atom. The lowest BCUT2D eigenvalue weighted by molar-refractivity contribution is -0.180. The Bertz CT molecular complexity index is 499. The number of carbonyl (C=O) groups excluding carboxylic acids is 2. The molecule has 0 unspecified atom stereocenters. The second-order valence-corrected chi connectivity index (χ2v) is 6.47. The molecular weight excluding hydrogens is 342 g/mol. The second-order valence-electron chi connectivity index (χ2n) is 6.47. The minimum Gasteiger partial charge on any atom is -0.465 e. The Morgan fingerprint density at radius 1 is 1.38 bits per heavy atom. The predicted molar refractivity (Wildman–Crippen MR) is 95.4 cm³/mol. The maximum atomic E-state index is 12.5. The normalized spacial score (nSPS) is 25.9. The van der Waals surface area contributed by atoms with Crippen molar-refractivity contribution in [3.05, 3.63) is 0 Å². The van der Waals surface area contributed by atoms with Crippen molar-refractivity contribution in [2.24, 2.45) is 16.3 Å². The fraction of sp³-hybridized carbons (Fsp3) is 0.824. The lowest BCUT2D eigenvalue weighted by Crippen LogP contribution is -2.42. The van der Waals surface area contributed by atoms with Gasteiger partial charge in [0.2, 0.25) is 0 Å². The molecule has 1 saturated heterocycles. The van der Waals surface area contributed by atoms with Crippen LogP contribution in [0.5, 0.6) is 0 Å². The van der Waals surface area contributed by atoms with Crippen LogP contribution < -0.4 is 11.2 Å². The molecule has 150 valence electrons. The smallest absolute Gasteiger partial charge is 0.332 e. The molecule has 0 radical (unpaired) electrons. The molecule has 1 aliphatic rings. The van der Waals surface area contributed by atoms with E-state index in [9.17, 15) is 14.7 Å². The molecule has 4 N–H and O–H groups in total. The minimum absolute atomic E-state index is 0.0691. The Kier molecular flexibility index (Phi) is 9.53. The molecule has 0 aromatic rings. The number of esters is 1. The molecule has 1 fully saturated rings. The second kappa shape index (κ2) is 11.1. The van der Waals surface area contributed by atoms with E-state index in [1.54, 1.807) is 13.8 Å². The van der Waals surface area contributed by atoms with E-state index in [4.69, 9.17) is 19.9 Å². The number of nitrogens with one attached hydrogen (secondary N) is 1. The highest BCUT2D eigenvalue weighted by molar-refractivity contribution is 5.90. The summed E-state index contributed by atoms with van der Waals surface area (Å²) in [5, 5.41) is 14.2. The minimum atomic E-state index is -1.34. The first-order valence-electron chi connectivity index (χ1n) is 9.02. The van der Waals surface area contributed by atoms with Crippen molar-refractivity contribution < 1.29 is 28.9 Å². The SMILES string of the molecule is CCCCCOC[C@@H]1C[C@@](C/C(C)=N\NC(N)=O)(C(=O)OCC)[C@H](O)O1. The first-order valence-corrected chi connectivity index (χ1v) is 9.02. The number of carbonyl (C=O) groups is 2. The van der Waals surface area contributed by atoms with Crippen LogP contribution in [0.15, 0.2) is 5.10 Å². The molecule has 0 aliphatic carbocycles. The van der Waals surface area contributed by atoms with E-state index in [1.165, 1.54) is 0 Å². The summed E-state index contributed by atoms with van der Waals surface area (Å²) in [6.07, 6.45) is 1.69. The van der Waals surface area contributed by atoms with E-state index in [2.05, 4.69) is 17.5 Å². The van der Waals surface area contributed by atoms with Gasteiger partial charge in [0.25, 0.3) is 0 Å². The first-order chi connectivity index (χ1) is 12.4. The number of nitrogens with zero attached hydrogens (tertiary/aromatic N) is 1. The summed E-state index contributed by atoms with van der Waals surface area (Å²) in [5.74, 6) is -0.561. The van der Waals surface area contributed by atoms with E-state index in [-0.39, 0.29) is 26.1 Å². The van der Waals surface area contributed by atoms with Crippen molar-refractivity contribution in [2.75, 3.05) is 19.8 Å². The van der Waals surface area contributed by atoms with Crippen LogP contribution in [0, 0.1) is 5.41 Å². The summed E-state index contributed by atoms with van der Waals surface area (Å²) in [4.78, 5) is 23.3. The number of urea groups is 1. The van der Waals surface area contributed by atoms with E-state index < -0.39 is 29.8 Å². The Morgan fingerprint density at radius 2 is 2.12 bits per heavy atom. The molecule has 0 aromatic heterocycles. The Balaban J connectivity index is 2.77. The zero-order valence-corrected chi connectivity index (χ0v) is 15.8. The van der Waals surface area contributed by atoms with Crippen molar-refractivity contribution >= 4 is 17.7 Å². The predicted octanol–water partition coefficient (Wildman–Crippen LogP) is 1.28. The molecule has 0 saturated carbocycles. The van der Waals surface area contributed by atoms with Crippen LogP contribution in [-0.4, -0.2) is 55.0 Å². The van der Waals surface area contributed by atoms with Gasteiger partial charge in [-0.3, -0.25) is 4.79 Å². The third-order valence-electron chi connectivity index (χ3n) is 4.19. The molecule has 0 spiro atoms. The number of aliphatic hydroxyl groups is 1. The van der Waals surface area contributed by atoms with E-state index >= 15 is 0 Å². The van der Waals surface area contributed by atoms with Crippen LogP contribution in [0.3, 0.4) is 0 Å². The summed E-state index contributed by atoms with van der Waals surface area (Å²) < 4.78 is 16.3. The van der Waals surface area contributed by atoms with Gasteiger partial charge in [-0.05, 0) is 26.7 Å². The Hall–Kier alpha value is -1.71. The fourth-order valence-corrected chi connectivity index (χ4v) is 2.97. The van der Waals surface area contributed by atoms with Crippen LogP contribution in [-0.2, 0) is 19.0 Å². The van der Waals surface area contributed by atoms with Gasteiger partial charge in [0, 0.05) is 18.7 Å². The van der Waals surface area contributed by atoms with Crippen molar-refractivity contribution in [2.45, 2.75) is 65.3 Å². The number of hydrogen-bond donors (Lipinski definition) is 3. The molecule has 9 heteroatoms. The molecule has 26 heavy (non-hydrogen) atoms. The largest absolute Gasteiger partial charge is 0.465 e. The lowest BCUT2D eigenvalue weighted by atomic mass is 9.79. The van der Waals surface area contributed by atoms with Gasteiger partial charge in [-0.15, -0.1) is 0 Å². The molecular formula is C17H31N3O6. The summed E-state index contributed by atoms with van der Waals surface area (Å²) in [7, 11) is 0. The molecule has 0 bridgehead atoms. The quantitative estimate of drug-likeness (QED) is 0.216. The van der Waals surface area contributed by atoms with Gasteiger partial charge in [-0.1, -0.05) is 19.8 Å². The van der Waals surface area contributed by atoms with Crippen molar-refractivity contribution in [1.29, 1.82) is 0 Å². The lowest BCUT2D eigenvalue weighted by Gasteiger charge is -2.28. The van der Waals surface area contributed by atoms with Crippen molar-refractivity contribution in [3.8, 4) is 0 Å². The highest BCUT2D eigenvalue weighted by Gasteiger charge is 2.55. The third kappa shape index (κ3) is 6.54. The number of primary amides is 1.